The number of ether oxygens (including phenoxy) is 3. The third kappa shape index (κ3) is 5.58. The summed E-state index contributed by atoms with van der Waals surface area (Å²) in [5, 5.41) is 2.05. The maximum atomic E-state index is 12.2. The minimum atomic E-state index is -0.779. The predicted octanol–water partition coefficient (Wildman–Crippen LogP) is 2.95. The molecule has 9 heteroatoms. The summed E-state index contributed by atoms with van der Waals surface area (Å²) in [5.41, 5.74) is 0.160. The number of esters is 1. The number of hydrogen-bond acceptors (Lipinski definition) is 7. The number of rotatable bonds is 8. The Morgan fingerprint density at radius 1 is 1.26 bits per heavy atom. The van der Waals surface area contributed by atoms with Gasteiger partial charge in [-0.2, -0.15) is 0 Å². The molecule has 1 aromatic heterocycles. The molecule has 1 aromatic carbocycles. The molecule has 1 heterocycles. The van der Waals surface area contributed by atoms with Gasteiger partial charge in [0.25, 0.3) is 11.8 Å². The molecule has 0 aliphatic carbocycles. The monoisotopic (exact) mass is 439 g/mol. The number of methoxy groups -OCH3 is 1. The summed E-state index contributed by atoms with van der Waals surface area (Å²) in [6.07, 6.45) is 2.11. The van der Waals surface area contributed by atoms with Gasteiger partial charge in [-0.1, -0.05) is 6.92 Å². The minimum absolute atomic E-state index is 0.0222. The van der Waals surface area contributed by atoms with Crippen molar-refractivity contribution in [2.75, 3.05) is 20.3 Å². The van der Waals surface area contributed by atoms with Crippen LogP contribution in [0.2, 0.25) is 0 Å². The van der Waals surface area contributed by atoms with Gasteiger partial charge in [0, 0.05) is 0 Å². The molecular formula is C18H18BrNO7. The fourth-order valence-corrected chi connectivity index (χ4v) is 2.58. The van der Waals surface area contributed by atoms with E-state index in [0.29, 0.717) is 22.6 Å². The van der Waals surface area contributed by atoms with Gasteiger partial charge in [-0.15, -0.1) is 0 Å². The largest absolute Gasteiger partial charge is 0.493 e. The summed E-state index contributed by atoms with van der Waals surface area (Å²) in [6, 6.07) is 5.87. The Bertz CT molecular complexity index is 817. The average Bonchev–Trinajstić information content (AvgIpc) is 3.19. The van der Waals surface area contributed by atoms with Crippen molar-refractivity contribution >= 4 is 33.7 Å². The van der Waals surface area contributed by atoms with Crippen LogP contribution in [-0.4, -0.2) is 38.1 Å². The number of imide groups is 1. The molecule has 0 bridgehead atoms. The van der Waals surface area contributed by atoms with Crippen molar-refractivity contribution in [1.29, 1.82) is 0 Å². The highest BCUT2D eigenvalue weighted by Crippen LogP contribution is 2.36. The molecule has 0 atom stereocenters. The summed E-state index contributed by atoms with van der Waals surface area (Å²) in [4.78, 5) is 35.6. The first-order chi connectivity index (χ1) is 13.0. The van der Waals surface area contributed by atoms with Crippen molar-refractivity contribution in [1.82, 2.24) is 5.32 Å². The third-order valence-corrected chi connectivity index (χ3v) is 3.84. The summed E-state index contributed by atoms with van der Waals surface area (Å²) in [6.45, 7) is 1.83. The first-order valence-corrected chi connectivity index (χ1v) is 8.80. The molecule has 0 aliphatic heterocycles. The Balaban J connectivity index is 1.98. The van der Waals surface area contributed by atoms with Crippen molar-refractivity contribution in [2.45, 2.75) is 13.3 Å². The van der Waals surface area contributed by atoms with Crippen LogP contribution in [0.25, 0.3) is 0 Å². The molecule has 8 nitrogen and oxygen atoms in total. The Labute approximate surface area is 163 Å². The summed E-state index contributed by atoms with van der Waals surface area (Å²) >= 11 is 3.32. The highest BCUT2D eigenvalue weighted by molar-refractivity contribution is 9.10. The molecule has 2 amide bonds. The molecule has 144 valence electrons. The van der Waals surface area contributed by atoms with E-state index in [9.17, 15) is 14.4 Å². The quantitative estimate of drug-likeness (QED) is 0.630. The Morgan fingerprint density at radius 3 is 2.67 bits per heavy atom. The van der Waals surface area contributed by atoms with Gasteiger partial charge in [0.1, 0.15) is 0 Å². The van der Waals surface area contributed by atoms with Crippen LogP contribution in [0.1, 0.15) is 34.3 Å². The molecule has 0 saturated carbocycles. The first kappa shape index (κ1) is 20.5. The second-order valence-electron chi connectivity index (χ2n) is 5.27. The zero-order valence-electron chi connectivity index (χ0n) is 14.7. The van der Waals surface area contributed by atoms with Crippen molar-refractivity contribution in [3.63, 3.8) is 0 Å². The van der Waals surface area contributed by atoms with Crippen LogP contribution < -0.4 is 14.8 Å². The lowest BCUT2D eigenvalue weighted by atomic mass is 10.2. The zero-order chi connectivity index (χ0) is 19.8. The maximum Gasteiger partial charge on any atom is 0.338 e. The Kier molecular flexibility index (Phi) is 7.42. The van der Waals surface area contributed by atoms with Crippen LogP contribution in [-0.2, 0) is 9.53 Å². The number of hydrogen-bond donors (Lipinski definition) is 1. The summed E-state index contributed by atoms with van der Waals surface area (Å²) in [7, 11) is 1.45. The number of nitrogens with one attached hydrogen (secondary N) is 1. The highest BCUT2D eigenvalue weighted by atomic mass is 79.9. The van der Waals surface area contributed by atoms with Gasteiger partial charge in [-0.3, -0.25) is 14.9 Å². The van der Waals surface area contributed by atoms with Gasteiger partial charge in [0.2, 0.25) is 0 Å². The average molecular weight is 440 g/mol. The smallest absolute Gasteiger partial charge is 0.338 e. The van der Waals surface area contributed by atoms with Gasteiger partial charge >= 0.3 is 5.97 Å². The molecule has 0 fully saturated rings. The second-order valence-corrected chi connectivity index (χ2v) is 6.12. The normalized spacial score (nSPS) is 10.2. The lowest BCUT2D eigenvalue weighted by molar-refractivity contribution is -0.123. The van der Waals surface area contributed by atoms with E-state index in [1.165, 1.54) is 37.6 Å². The van der Waals surface area contributed by atoms with Crippen LogP contribution in [0.15, 0.2) is 39.4 Å². The number of carbonyl (C=O) groups is 3. The number of carbonyl (C=O) groups excluding carboxylic acids is 3. The van der Waals surface area contributed by atoms with Gasteiger partial charge in [-0.05, 0) is 46.6 Å². The van der Waals surface area contributed by atoms with Crippen LogP contribution >= 0.6 is 15.9 Å². The van der Waals surface area contributed by atoms with Crippen molar-refractivity contribution in [3.8, 4) is 11.5 Å². The fraction of sp³-hybridized carbons (Fsp3) is 0.278. The lowest BCUT2D eigenvalue weighted by Crippen LogP contribution is -2.34. The predicted molar refractivity (Wildman–Crippen MR) is 97.9 cm³/mol. The number of amides is 2. The van der Waals surface area contributed by atoms with Gasteiger partial charge < -0.3 is 18.6 Å². The van der Waals surface area contributed by atoms with E-state index in [0.717, 1.165) is 6.42 Å². The number of benzene rings is 1. The van der Waals surface area contributed by atoms with Crippen molar-refractivity contribution in [3.05, 3.63) is 46.3 Å². The number of halogens is 1. The van der Waals surface area contributed by atoms with E-state index in [2.05, 4.69) is 21.2 Å². The molecule has 0 aliphatic rings. The van der Waals surface area contributed by atoms with E-state index in [1.54, 1.807) is 0 Å². The van der Waals surface area contributed by atoms with E-state index < -0.39 is 24.4 Å². The topological polar surface area (TPSA) is 104 Å². The fourth-order valence-electron chi connectivity index (χ4n) is 2.03. The van der Waals surface area contributed by atoms with E-state index in [4.69, 9.17) is 18.6 Å². The standard InChI is InChI=1S/C18H18BrNO7/c1-3-6-26-16-12(19)8-11(9-14(16)24-2)18(23)27-10-15(21)20-17(22)13-5-4-7-25-13/h4-5,7-9H,3,6,10H2,1-2H3,(H,20,21,22). The molecule has 27 heavy (non-hydrogen) atoms. The van der Waals surface area contributed by atoms with Gasteiger partial charge in [-0.25, -0.2) is 4.79 Å². The molecule has 0 saturated heterocycles. The summed E-state index contributed by atoms with van der Waals surface area (Å²) in [5.74, 6) is -1.45. The van der Waals surface area contributed by atoms with Crippen LogP contribution in [0.5, 0.6) is 11.5 Å². The van der Waals surface area contributed by atoms with Crippen LogP contribution in [0, 0.1) is 0 Å². The molecule has 0 radical (unpaired) electrons. The molecule has 0 unspecified atom stereocenters. The van der Waals surface area contributed by atoms with Gasteiger partial charge in [0.05, 0.1) is 30.0 Å². The van der Waals surface area contributed by atoms with Crippen molar-refractivity contribution < 1.29 is 33.0 Å². The molecule has 2 rings (SSSR count). The Hall–Kier alpha value is -2.81. The third-order valence-electron chi connectivity index (χ3n) is 3.25. The van der Waals surface area contributed by atoms with Crippen molar-refractivity contribution in [2.24, 2.45) is 0 Å². The van der Waals surface area contributed by atoms with Crippen LogP contribution in [0.3, 0.4) is 0 Å². The van der Waals surface area contributed by atoms with Gasteiger partial charge in [0.15, 0.2) is 23.9 Å². The van der Waals surface area contributed by atoms with Crippen LogP contribution in [0.4, 0.5) is 0 Å². The Morgan fingerprint density at radius 2 is 2.04 bits per heavy atom. The minimum Gasteiger partial charge on any atom is -0.493 e. The zero-order valence-corrected chi connectivity index (χ0v) is 16.3. The molecule has 2 aromatic rings. The first-order valence-electron chi connectivity index (χ1n) is 8.01. The van der Waals surface area contributed by atoms with E-state index in [1.807, 2.05) is 6.92 Å². The molecule has 1 N–H and O–H groups in total. The van der Waals surface area contributed by atoms with E-state index in [-0.39, 0.29) is 11.3 Å². The maximum absolute atomic E-state index is 12.2. The second kappa shape index (κ2) is 9.77. The highest BCUT2D eigenvalue weighted by Gasteiger charge is 2.18. The number of furan rings is 1. The lowest BCUT2D eigenvalue weighted by Gasteiger charge is -2.13. The molecule has 0 spiro atoms. The summed E-state index contributed by atoms with van der Waals surface area (Å²) < 4.78 is 21.1. The SMILES string of the molecule is CCCOc1c(Br)cc(C(=O)OCC(=O)NC(=O)c2ccco2)cc1OC. The van der Waals surface area contributed by atoms with E-state index >= 15 is 0 Å². The molecular weight excluding hydrogens is 422 g/mol.